The quantitative estimate of drug-likeness (QED) is 0.309. The van der Waals surface area contributed by atoms with Crippen molar-refractivity contribution in [1.82, 2.24) is 19.7 Å². The minimum atomic E-state index is -0.244. The van der Waals surface area contributed by atoms with Gasteiger partial charge in [0, 0.05) is 24.3 Å². The van der Waals surface area contributed by atoms with Crippen LogP contribution in [-0.4, -0.2) is 31.4 Å². The van der Waals surface area contributed by atoms with Gasteiger partial charge in [0.1, 0.15) is 0 Å². The molecular formula is C18H19N5O2S3. The third-order valence-corrected chi connectivity index (χ3v) is 6.33. The first kappa shape index (κ1) is 20.3. The molecule has 7 nitrogen and oxygen atoms in total. The molecule has 3 aromatic rings. The van der Waals surface area contributed by atoms with E-state index >= 15 is 0 Å². The SMILES string of the molecule is C=CCn1c(-c2sc(NC(=O)CCC(=O)c3ccc(C)s3)nc2C)n[nH]c1=S. The van der Waals surface area contributed by atoms with Crippen LogP contribution in [0.5, 0.6) is 0 Å². The number of carbonyl (C=O) groups excluding carboxylic acids is 2. The molecule has 0 saturated heterocycles. The number of allylic oxidation sites excluding steroid dienone is 1. The van der Waals surface area contributed by atoms with Crippen LogP contribution >= 0.6 is 34.9 Å². The van der Waals surface area contributed by atoms with E-state index in [2.05, 4.69) is 27.1 Å². The van der Waals surface area contributed by atoms with Gasteiger partial charge in [0.15, 0.2) is 21.5 Å². The highest BCUT2D eigenvalue weighted by molar-refractivity contribution is 7.71. The number of hydrogen-bond acceptors (Lipinski definition) is 7. The number of Topliss-reactive ketones (excluding diaryl/α,β-unsaturated/α-hetero) is 1. The van der Waals surface area contributed by atoms with Crippen molar-refractivity contribution in [2.45, 2.75) is 33.2 Å². The van der Waals surface area contributed by atoms with E-state index < -0.39 is 0 Å². The van der Waals surface area contributed by atoms with E-state index in [-0.39, 0.29) is 24.5 Å². The summed E-state index contributed by atoms with van der Waals surface area (Å²) in [7, 11) is 0. The standard InChI is InChI=1S/C18H19N5O2S3/c1-4-9-23-16(21-22-18(23)26)15-11(3)19-17(28-15)20-14(25)8-6-12(24)13-7-5-10(2)27-13/h4-5,7H,1,6,8-9H2,2-3H3,(H,22,26)(H,19,20,25). The average molecular weight is 434 g/mol. The van der Waals surface area contributed by atoms with Gasteiger partial charge in [-0.05, 0) is 38.2 Å². The predicted octanol–water partition coefficient (Wildman–Crippen LogP) is 4.53. The van der Waals surface area contributed by atoms with Crippen LogP contribution in [0.15, 0.2) is 24.8 Å². The molecule has 28 heavy (non-hydrogen) atoms. The van der Waals surface area contributed by atoms with Gasteiger partial charge in [0.05, 0.1) is 15.4 Å². The molecule has 0 aliphatic heterocycles. The van der Waals surface area contributed by atoms with E-state index in [1.807, 2.05) is 24.5 Å². The van der Waals surface area contributed by atoms with Crippen molar-refractivity contribution in [3.63, 3.8) is 0 Å². The number of nitrogens with zero attached hydrogens (tertiary/aromatic N) is 3. The topological polar surface area (TPSA) is 92.7 Å². The zero-order valence-electron chi connectivity index (χ0n) is 15.4. The Balaban J connectivity index is 1.66. The van der Waals surface area contributed by atoms with Crippen molar-refractivity contribution in [2.24, 2.45) is 0 Å². The number of rotatable bonds is 8. The largest absolute Gasteiger partial charge is 0.302 e. The van der Waals surface area contributed by atoms with E-state index in [9.17, 15) is 9.59 Å². The Bertz CT molecular complexity index is 1090. The van der Waals surface area contributed by atoms with Crippen LogP contribution in [0.1, 0.15) is 33.1 Å². The summed E-state index contributed by atoms with van der Waals surface area (Å²) in [5.74, 6) is 0.389. The monoisotopic (exact) mass is 433 g/mol. The Morgan fingerprint density at radius 2 is 2.11 bits per heavy atom. The molecule has 3 heterocycles. The van der Waals surface area contributed by atoms with Gasteiger partial charge in [0.2, 0.25) is 5.91 Å². The van der Waals surface area contributed by atoms with Crippen LogP contribution in [0, 0.1) is 18.6 Å². The number of amides is 1. The number of aromatic amines is 1. The maximum Gasteiger partial charge on any atom is 0.226 e. The minimum Gasteiger partial charge on any atom is -0.302 e. The molecule has 0 aliphatic rings. The van der Waals surface area contributed by atoms with E-state index in [0.29, 0.717) is 27.1 Å². The van der Waals surface area contributed by atoms with Crippen molar-refractivity contribution in [3.05, 3.63) is 45.0 Å². The van der Waals surface area contributed by atoms with Gasteiger partial charge in [-0.3, -0.25) is 19.3 Å². The summed E-state index contributed by atoms with van der Waals surface area (Å²) in [5.41, 5.74) is 0.741. The lowest BCUT2D eigenvalue weighted by atomic mass is 10.2. The number of nitrogens with one attached hydrogen (secondary N) is 2. The number of hydrogen-bond donors (Lipinski definition) is 2. The summed E-state index contributed by atoms with van der Waals surface area (Å²) in [5, 5.41) is 10.3. The van der Waals surface area contributed by atoms with Crippen LogP contribution in [0.4, 0.5) is 5.13 Å². The highest BCUT2D eigenvalue weighted by atomic mass is 32.1. The average Bonchev–Trinajstić information content (AvgIpc) is 3.33. The molecule has 146 valence electrons. The molecular weight excluding hydrogens is 414 g/mol. The van der Waals surface area contributed by atoms with Crippen molar-refractivity contribution in [1.29, 1.82) is 0 Å². The number of aryl methyl sites for hydroxylation is 2. The van der Waals surface area contributed by atoms with E-state index in [1.165, 1.54) is 22.7 Å². The lowest BCUT2D eigenvalue weighted by molar-refractivity contribution is -0.116. The third kappa shape index (κ3) is 4.51. The van der Waals surface area contributed by atoms with Gasteiger partial charge in [0.25, 0.3) is 0 Å². The van der Waals surface area contributed by atoms with Crippen molar-refractivity contribution in [2.75, 3.05) is 5.32 Å². The van der Waals surface area contributed by atoms with Crippen LogP contribution < -0.4 is 5.32 Å². The van der Waals surface area contributed by atoms with Gasteiger partial charge in [-0.15, -0.1) is 17.9 Å². The number of anilines is 1. The predicted molar refractivity (Wildman–Crippen MR) is 115 cm³/mol. The Kier molecular flexibility index (Phi) is 6.32. The van der Waals surface area contributed by atoms with Gasteiger partial charge in [-0.25, -0.2) is 4.98 Å². The van der Waals surface area contributed by atoms with Crippen molar-refractivity contribution >= 4 is 51.7 Å². The van der Waals surface area contributed by atoms with Crippen molar-refractivity contribution < 1.29 is 9.59 Å². The molecule has 2 N–H and O–H groups in total. The summed E-state index contributed by atoms with van der Waals surface area (Å²) >= 11 is 8.00. The first-order chi connectivity index (χ1) is 13.4. The molecule has 0 aromatic carbocycles. The molecule has 0 aliphatic carbocycles. The smallest absolute Gasteiger partial charge is 0.226 e. The zero-order chi connectivity index (χ0) is 20.3. The Hall–Kier alpha value is -2.43. The Labute approximate surface area is 175 Å². The second kappa shape index (κ2) is 8.72. The summed E-state index contributed by atoms with van der Waals surface area (Å²) in [6, 6.07) is 3.70. The van der Waals surface area contributed by atoms with Gasteiger partial charge < -0.3 is 5.32 Å². The Morgan fingerprint density at radius 3 is 2.79 bits per heavy atom. The maximum atomic E-state index is 12.2. The minimum absolute atomic E-state index is 0.0239. The molecule has 0 spiro atoms. The fourth-order valence-corrected chi connectivity index (χ4v) is 4.59. The number of H-pyrrole nitrogens is 1. The van der Waals surface area contributed by atoms with Crippen molar-refractivity contribution in [3.8, 4) is 10.7 Å². The van der Waals surface area contributed by atoms with E-state index in [4.69, 9.17) is 12.2 Å². The molecule has 3 aromatic heterocycles. The van der Waals surface area contributed by atoms with Gasteiger partial charge in [-0.2, -0.15) is 5.10 Å². The molecule has 10 heteroatoms. The first-order valence-electron chi connectivity index (χ1n) is 8.52. The number of carbonyl (C=O) groups is 2. The summed E-state index contributed by atoms with van der Waals surface area (Å²) < 4.78 is 2.31. The third-order valence-electron chi connectivity index (χ3n) is 3.91. The number of aromatic nitrogens is 4. The van der Waals surface area contributed by atoms with Gasteiger partial charge >= 0.3 is 0 Å². The molecule has 1 amide bonds. The fraction of sp³-hybridized carbons (Fsp3) is 0.278. The summed E-state index contributed by atoms with van der Waals surface area (Å²) in [6.45, 7) is 8.05. The van der Waals surface area contributed by atoms with E-state index in [0.717, 1.165) is 15.4 Å². The van der Waals surface area contributed by atoms with E-state index in [1.54, 1.807) is 12.1 Å². The van der Waals surface area contributed by atoms with Crippen LogP contribution in [0.25, 0.3) is 10.7 Å². The molecule has 3 rings (SSSR count). The second-order valence-corrected chi connectivity index (χ2v) is 8.74. The molecule has 0 radical (unpaired) electrons. The molecule has 0 fully saturated rings. The fourth-order valence-electron chi connectivity index (χ4n) is 2.56. The molecule has 0 atom stereocenters. The zero-order valence-corrected chi connectivity index (χ0v) is 17.9. The lowest BCUT2D eigenvalue weighted by Gasteiger charge is -2.01. The normalized spacial score (nSPS) is 10.8. The molecule has 0 saturated carbocycles. The molecule has 0 bridgehead atoms. The highest BCUT2D eigenvalue weighted by Gasteiger charge is 2.18. The summed E-state index contributed by atoms with van der Waals surface area (Å²) in [6.07, 6.45) is 2.01. The Morgan fingerprint density at radius 1 is 1.32 bits per heavy atom. The van der Waals surface area contributed by atoms with Crippen LogP contribution in [0.2, 0.25) is 0 Å². The second-order valence-electron chi connectivity index (χ2n) is 6.07. The number of thiazole rings is 1. The number of ketones is 1. The maximum absolute atomic E-state index is 12.2. The highest BCUT2D eigenvalue weighted by Crippen LogP contribution is 2.31. The molecule has 0 unspecified atom stereocenters. The number of thiophene rings is 1. The van der Waals surface area contributed by atoms with Crippen LogP contribution in [-0.2, 0) is 11.3 Å². The lowest BCUT2D eigenvalue weighted by Crippen LogP contribution is -2.13. The first-order valence-corrected chi connectivity index (χ1v) is 10.6. The van der Waals surface area contributed by atoms with Crippen LogP contribution in [0.3, 0.4) is 0 Å². The summed E-state index contributed by atoms with van der Waals surface area (Å²) in [4.78, 5) is 31.4. The van der Waals surface area contributed by atoms with Gasteiger partial charge in [-0.1, -0.05) is 17.4 Å².